The van der Waals surface area contributed by atoms with Crippen LogP contribution in [0.3, 0.4) is 0 Å². The van der Waals surface area contributed by atoms with E-state index in [0.29, 0.717) is 21.8 Å². The number of hydrogen-bond donors (Lipinski definition) is 1. The fourth-order valence-electron chi connectivity index (χ4n) is 3.31. The summed E-state index contributed by atoms with van der Waals surface area (Å²) >= 11 is 5.85. The molecule has 1 N–H and O–H groups in total. The van der Waals surface area contributed by atoms with Crippen molar-refractivity contribution in [2.45, 2.75) is 0 Å². The minimum Gasteiger partial charge on any atom is -0.454 e. The summed E-state index contributed by atoms with van der Waals surface area (Å²) in [5.41, 5.74) is 3.58. The molecule has 6 heteroatoms. The van der Waals surface area contributed by atoms with Gasteiger partial charge < -0.3 is 10.1 Å². The number of ketones is 1. The van der Waals surface area contributed by atoms with E-state index in [4.69, 9.17) is 16.3 Å². The molecule has 4 rings (SSSR count). The molecule has 0 aliphatic carbocycles. The summed E-state index contributed by atoms with van der Waals surface area (Å²) in [6.45, 7) is -0.384. The second-order valence-electron chi connectivity index (χ2n) is 7.48. The zero-order valence-corrected chi connectivity index (χ0v) is 18.8. The van der Waals surface area contributed by atoms with E-state index in [1.165, 1.54) is 6.07 Å². The Morgan fingerprint density at radius 1 is 0.676 bits per heavy atom. The Balaban J connectivity index is 1.35. The molecule has 0 saturated carbocycles. The summed E-state index contributed by atoms with van der Waals surface area (Å²) in [7, 11) is 0. The third-order valence-corrected chi connectivity index (χ3v) is 5.36. The average Bonchev–Trinajstić information content (AvgIpc) is 2.88. The van der Waals surface area contributed by atoms with Crippen LogP contribution in [0.1, 0.15) is 31.1 Å². The van der Waals surface area contributed by atoms with Gasteiger partial charge in [0, 0.05) is 21.8 Å². The Morgan fingerprint density at radius 2 is 1.32 bits per heavy atom. The Morgan fingerprint density at radius 3 is 2.03 bits per heavy atom. The lowest BCUT2D eigenvalue weighted by Gasteiger charge is -2.08. The van der Waals surface area contributed by atoms with Crippen LogP contribution < -0.4 is 5.32 Å². The van der Waals surface area contributed by atoms with Crippen molar-refractivity contribution >= 4 is 34.9 Å². The molecule has 0 atom stereocenters. The summed E-state index contributed by atoms with van der Waals surface area (Å²) in [6.07, 6.45) is 0. The highest BCUT2D eigenvalue weighted by Gasteiger charge is 2.14. The van der Waals surface area contributed by atoms with Crippen molar-refractivity contribution in [3.63, 3.8) is 0 Å². The van der Waals surface area contributed by atoms with Gasteiger partial charge in [-0.1, -0.05) is 72.3 Å². The van der Waals surface area contributed by atoms with Gasteiger partial charge >= 0.3 is 5.97 Å². The molecule has 0 aliphatic rings. The van der Waals surface area contributed by atoms with Crippen molar-refractivity contribution in [3.8, 4) is 11.1 Å². The molecule has 0 unspecified atom stereocenters. The first-order chi connectivity index (χ1) is 16.5. The van der Waals surface area contributed by atoms with E-state index in [0.717, 1.165) is 11.1 Å². The van der Waals surface area contributed by atoms with Crippen LogP contribution in [0.5, 0.6) is 0 Å². The first kappa shape index (κ1) is 23.0. The molecule has 0 spiro atoms. The fraction of sp³-hybridized carbons (Fsp3) is 0.0357. The molecule has 5 nitrogen and oxygen atoms in total. The number of benzene rings is 4. The molecule has 0 aliphatic heterocycles. The molecule has 4 aromatic carbocycles. The maximum Gasteiger partial charge on any atom is 0.338 e. The molecular weight excluding hydrogens is 450 g/mol. The molecule has 0 fully saturated rings. The van der Waals surface area contributed by atoms with Crippen LogP contribution in [0.4, 0.5) is 5.69 Å². The van der Waals surface area contributed by atoms with Gasteiger partial charge in [0.15, 0.2) is 12.4 Å². The number of esters is 1. The lowest BCUT2D eigenvalue weighted by Crippen LogP contribution is -2.15. The van der Waals surface area contributed by atoms with Crippen molar-refractivity contribution in [1.29, 1.82) is 0 Å². The standard InChI is InChI=1S/C28H20ClNO4/c29-24-15-13-22(14-16-24)27(32)30-25-8-4-7-23(17-25)28(33)34-18-26(31)21-11-9-20(10-12-21)19-5-2-1-3-6-19/h1-17H,18H2,(H,30,32). The van der Waals surface area contributed by atoms with Gasteiger partial charge in [-0.2, -0.15) is 0 Å². The molecule has 1 amide bonds. The molecule has 0 radical (unpaired) electrons. The number of anilines is 1. The monoisotopic (exact) mass is 469 g/mol. The minimum absolute atomic E-state index is 0.223. The number of halogens is 1. The van der Waals surface area contributed by atoms with Gasteiger partial charge in [-0.3, -0.25) is 9.59 Å². The number of nitrogens with one attached hydrogen (secondary N) is 1. The molecule has 0 saturated heterocycles. The van der Waals surface area contributed by atoms with Gasteiger partial charge in [0.25, 0.3) is 5.91 Å². The van der Waals surface area contributed by atoms with E-state index in [1.54, 1.807) is 54.6 Å². The van der Waals surface area contributed by atoms with Crippen LogP contribution >= 0.6 is 11.6 Å². The van der Waals surface area contributed by atoms with E-state index in [1.807, 2.05) is 42.5 Å². The highest BCUT2D eigenvalue weighted by Crippen LogP contribution is 2.20. The molecule has 4 aromatic rings. The summed E-state index contributed by atoms with van der Waals surface area (Å²) in [4.78, 5) is 37.3. The SMILES string of the molecule is O=C(COC(=O)c1cccc(NC(=O)c2ccc(Cl)cc2)c1)c1ccc(-c2ccccc2)cc1. The summed E-state index contributed by atoms with van der Waals surface area (Å²) in [5, 5.41) is 3.26. The Labute approximate surface area is 202 Å². The van der Waals surface area contributed by atoms with Gasteiger partial charge in [-0.05, 0) is 53.6 Å². The van der Waals surface area contributed by atoms with E-state index >= 15 is 0 Å². The highest BCUT2D eigenvalue weighted by atomic mass is 35.5. The number of carbonyl (C=O) groups excluding carboxylic acids is 3. The summed E-state index contributed by atoms with van der Waals surface area (Å²) < 4.78 is 5.20. The third kappa shape index (κ3) is 5.77. The lowest BCUT2D eigenvalue weighted by molar-refractivity contribution is 0.0474. The number of amides is 1. The third-order valence-electron chi connectivity index (χ3n) is 5.11. The van der Waals surface area contributed by atoms with E-state index in [9.17, 15) is 14.4 Å². The van der Waals surface area contributed by atoms with Gasteiger partial charge in [0.2, 0.25) is 0 Å². The Kier molecular flexibility index (Phi) is 7.16. The number of carbonyl (C=O) groups is 3. The highest BCUT2D eigenvalue weighted by molar-refractivity contribution is 6.30. The van der Waals surface area contributed by atoms with E-state index < -0.39 is 5.97 Å². The van der Waals surface area contributed by atoms with Gasteiger partial charge in [0.1, 0.15) is 0 Å². The van der Waals surface area contributed by atoms with Crippen LogP contribution in [0.25, 0.3) is 11.1 Å². The first-order valence-electron chi connectivity index (χ1n) is 10.5. The van der Waals surface area contributed by atoms with Crippen LogP contribution in [0, 0.1) is 0 Å². The minimum atomic E-state index is -0.656. The normalized spacial score (nSPS) is 10.4. The maximum atomic E-state index is 12.5. The first-order valence-corrected chi connectivity index (χ1v) is 10.9. The van der Waals surface area contributed by atoms with Gasteiger partial charge in [0.05, 0.1) is 5.56 Å². The van der Waals surface area contributed by atoms with Crippen molar-refractivity contribution in [1.82, 2.24) is 0 Å². The van der Waals surface area contributed by atoms with Crippen molar-refractivity contribution in [3.05, 3.63) is 125 Å². The number of rotatable bonds is 7. The molecule has 0 bridgehead atoms. The van der Waals surface area contributed by atoms with Gasteiger partial charge in [-0.15, -0.1) is 0 Å². The molecule has 0 heterocycles. The van der Waals surface area contributed by atoms with Crippen LogP contribution in [0.15, 0.2) is 103 Å². The molecule has 34 heavy (non-hydrogen) atoms. The lowest BCUT2D eigenvalue weighted by atomic mass is 10.0. The smallest absolute Gasteiger partial charge is 0.338 e. The topological polar surface area (TPSA) is 72.5 Å². The van der Waals surface area contributed by atoms with Crippen LogP contribution in [-0.4, -0.2) is 24.3 Å². The zero-order valence-electron chi connectivity index (χ0n) is 18.0. The number of ether oxygens (including phenoxy) is 1. The molecular formula is C28H20ClNO4. The van der Waals surface area contributed by atoms with Crippen molar-refractivity contribution in [2.75, 3.05) is 11.9 Å². The largest absolute Gasteiger partial charge is 0.454 e. The van der Waals surface area contributed by atoms with Crippen LogP contribution in [0.2, 0.25) is 5.02 Å². The van der Waals surface area contributed by atoms with Crippen LogP contribution in [-0.2, 0) is 4.74 Å². The van der Waals surface area contributed by atoms with E-state index in [-0.39, 0.29) is 23.9 Å². The number of hydrogen-bond acceptors (Lipinski definition) is 4. The Hall–Kier alpha value is -4.22. The predicted octanol–water partition coefficient (Wildman–Crippen LogP) is 6.30. The van der Waals surface area contributed by atoms with Crippen molar-refractivity contribution in [2.24, 2.45) is 0 Å². The molecule has 168 valence electrons. The molecule has 0 aromatic heterocycles. The van der Waals surface area contributed by atoms with Gasteiger partial charge in [-0.25, -0.2) is 4.79 Å². The summed E-state index contributed by atoms with van der Waals surface area (Å²) in [5.74, 6) is -1.30. The second-order valence-corrected chi connectivity index (χ2v) is 7.92. The maximum absolute atomic E-state index is 12.5. The fourth-order valence-corrected chi connectivity index (χ4v) is 3.43. The Bertz CT molecular complexity index is 1320. The quantitative estimate of drug-likeness (QED) is 0.254. The average molecular weight is 470 g/mol. The van der Waals surface area contributed by atoms with E-state index in [2.05, 4.69) is 5.32 Å². The second kappa shape index (κ2) is 10.6. The predicted molar refractivity (Wildman–Crippen MR) is 132 cm³/mol. The number of Topliss-reactive ketones (excluding diaryl/α,β-unsaturated/α-hetero) is 1. The summed E-state index contributed by atoms with van der Waals surface area (Å²) in [6, 6.07) is 29.8. The van der Waals surface area contributed by atoms with Crippen molar-refractivity contribution < 1.29 is 19.1 Å². The zero-order chi connectivity index (χ0) is 23.9.